The van der Waals surface area contributed by atoms with Crippen LogP contribution in [0.4, 0.5) is 4.39 Å². The number of nitrogens with zero attached hydrogens (tertiary/aromatic N) is 2. The van der Waals surface area contributed by atoms with Crippen molar-refractivity contribution in [2.45, 2.75) is 31.2 Å². The van der Waals surface area contributed by atoms with E-state index < -0.39 is 17.6 Å². The lowest BCUT2D eigenvalue weighted by molar-refractivity contribution is -0.128. The number of ether oxygens (including phenoxy) is 1. The lowest BCUT2D eigenvalue weighted by Gasteiger charge is -2.44. The zero-order chi connectivity index (χ0) is 25.8. The molecule has 0 radical (unpaired) electrons. The van der Waals surface area contributed by atoms with Crippen molar-refractivity contribution < 1.29 is 23.5 Å². The summed E-state index contributed by atoms with van der Waals surface area (Å²) in [6.45, 7) is 1.03. The molecule has 2 fully saturated rings. The second-order valence-corrected chi connectivity index (χ2v) is 9.32. The van der Waals surface area contributed by atoms with Gasteiger partial charge in [-0.15, -0.1) is 0 Å². The maximum Gasteiger partial charge on any atom is 0.256 e. The molecule has 5 rings (SSSR count). The minimum atomic E-state index is -1.01. The topological polar surface area (TPSA) is 79.0 Å². The van der Waals surface area contributed by atoms with Crippen molar-refractivity contribution in [2.75, 3.05) is 19.7 Å². The molecule has 0 unspecified atom stereocenters. The molecular formula is C29H28FN3O4. The minimum absolute atomic E-state index is 0.0665. The fourth-order valence-corrected chi connectivity index (χ4v) is 5.05. The number of hydrogen-bond donors (Lipinski definition) is 1. The molecule has 2 aliphatic rings. The highest BCUT2D eigenvalue weighted by atomic mass is 19.1. The van der Waals surface area contributed by atoms with E-state index in [2.05, 4.69) is 5.32 Å². The van der Waals surface area contributed by atoms with Gasteiger partial charge in [0, 0.05) is 43.6 Å². The molecule has 0 saturated carbocycles. The Morgan fingerprint density at radius 2 is 1.51 bits per heavy atom. The van der Waals surface area contributed by atoms with Gasteiger partial charge >= 0.3 is 0 Å². The molecule has 8 heteroatoms. The largest absolute Gasteiger partial charge is 0.353 e. The van der Waals surface area contributed by atoms with Gasteiger partial charge in [-0.3, -0.25) is 19.3 Å². The number of hydrogen-bond acceptors (Lipinski definition) is 4. The van der Waals surface area contributed by atoms with Crippen LogP contribution in [0, 0.1) is 5.82 Å². The Balaban J connectivity index is 1.35. The maximum atomic E-state index is 13.7. The van der Waals surface area contributed by atoms with Crippen molar-refractivity contribution >= 4 is 17.7 Å². The molecular weight excluding hydrogens is 473 g/mol. The number of piperidine rings is 1. The van der Waals surface area contributed by atoms with E-state index in [1.54, 1.807) is 40.1 Å². The Bertz CT molecular complexity index is 1280. The quantitative estimate of drug-likeness (QED) is 0.579. The van der Waals surface area contributed by atoms with Crippen LogP contribution in [0.2, 0.25) is 0 Å². The molecule has 0 aliphatic carbocycles. The highest BCUT2D eigenvalue weighted by Crippen LogP contribution is 2.38. The van der Waals surface area contributed by atoms with Gasteiger partial charge in [-0.05, 0) is 35.9 Å². The molecule has 2 aliphatic heterocycles. The predicted molar refractivity (Wildman–Crippen MR) is 135 cm³/mol. The zero-order valence-electron chi connectivity index (χ0n) is 20.3. The van der Waals surface area contributed by atoms with E-state index in [4.69, 9.17) is 4.74 Å². The van der Waals surface area contributed by atoms with E-state index in [9.17, 15) is 18.8 Å². The molecule has 37 heavy (non-hydrogen) atoms. The number of amides is 3. The summed E-state index contributed by atoms with van der Waals surface area (Å²) in [4.78, 5) is 43.2. The van der Waals surface area contributed by atoms with E-state index >= 15 is 0 Å². The van der Waals surface area contributed by atoms with E-state index in [-0.39, 0.29) is 29.9 Å². The van der Waals surface area contributed by atoms with Gasteiger partial charge in [0.15, 0.2) is 0 Å². The molecule has 1 N–H and O–H groups in total. The Hall–Kier alpha value is -4.04. The van der Waals surface area contributed by atoms with E-state index in [1.807, 2.05) is 36.4 Å². The predicted octanol–water partition coefficient (Wildman–Crippen LogP) is 3.62. The van der Waals surface area contributed by atoms with Crippen LogP contribution in [-0.4, -0.2) is 59.0 Å². The summed E-state index contributed by atoms with van der Waals surface area (Å²) >= 11 is 0. The van der Waals surface area contributed by atoms with Gasteiger partial charge in [-0.1, -0.05) is 54.6 Å². The second-order valence-electron chi connectivity index (χ2n) is 9.32. The average molecular weight is 502 g/mol. The van der Waals surface area contributed by atoms with Crippen LogP contribution < -0.4 is 5.32 Å². The average Bonchev–Trinajstić information content (AvgIpc) is 3.30. The first-order valence-electron chi connectivity index (χ1n) is 12.4. The van der Waals surface area contributed by atoms with E-state index in [0.717, 1.165) is 5.56 Å². The number of rotatable bonds is 5. The lowest BCUT2D eigenvalue weighted by atomic mass is 9.96. The number of nitrogens with one attached hydrogen (secondary N) is 1. The van der Waals surface area contributed by atoms with Crippen molar-refractivity contribution in [1.82, 2.24) is 15.1 Å². The van der Waals surface area contributed by atoms with Crippen LogP contribution in [0.25, 0.3) is 0 Å². The molecule has 7 nitrogen and oxygen atoms in total. The lowest BCUT2D eigenvalue weighted by Crippen LogP contribution is -2.59. The van der Waals surface area contributed by atoms with Crippen molar-refractivity contribution in [3.8, 4) is 0 Å². The zero-order valence-corrected chi connectivity index (χ0v) is 20.3. The summed E-state index contributed by atoms with van der Waals surface area (Å²) < 4.78 is 19.9. The van der Waals surface area contributed by atoms with Crippen LogP contribution in [0.5, 0.6) is 0 Å². The fourth-order valence-electron chi connectivity index (χ4n) is 5.05. The summed E-state index contributed by atoms with van der Waals surface area (Å²) in [5.74, 6) is -1.32. The minimum Gasteiger partial charge on any atom is -0.353 e. The summed E-state index contributed by atoms with van der Waals surface area (Å²) in [6.07, 6.45) is 0.685. The number of halogens is 1. The SMILES string of the molecule is O=C(NCc1ccccc1)[C@@H]1COC2(CCN(C(=O)c3cccc(F)c3)CC2)N1C(=O)c1ccccc1. The van der Waals surface area contributed by atoms with Crippen LogP contribution >= 0.6 is 0 Å². The molecule has 190 valence electrons. The second kappa shape index (κ2) is 10.5. The van der Waals surface area contributed by atoms with Gasteiger partial charge in [0.1, 0.15) is 17.6 Å². The number of benzene rings is 3. The summed E-state index contributed by atoms with van der Waals surface area (Å²) in [6, 6.07) is 23.2. The Morgan fingerprint density at radius 3 is 2.19 bits per heavy atom. The molecule has 3 aromatic rings. The molecule has 3 amide bonds. The molecule has 0 bridgehead atoms. The standard InChI is InChI=1S/C29H28FN3O4/c30-24-13-7-12-23(18-24)27(35)32-16-14-29(15-17-32)33(28(36)22-10-5-2-6-11-22)25(20-37-29)26(34)31-19-21-8-3-1-4-9-21/h1-13,18,25H,14-17,19-20H2,(H,31,34)/t25-/m0/s1. The number of carbonyl (C=O) groups is 3. The molecule has 2 saturated heterocycles. The van der Waals surface area contributed by atoms with Crippen molar-refractivity contribution in [3.63, 3.8) is 0 Å². The fraction of sp³-hybridized carbons (Fsp3) is 0.276. The van der Waals surface area contributed by atoms with Crippen LogP contribution in [0.15, 0.2) is 84.9 Å². The monoisotopic (exact) mass is 501 g/mol. The summed E-state index contributed by atoms with van der Waals surface area (Å²) in [5, 5.41) is 2.94. The van der Waals surface area contributed by atoms with Crippen LogP contribution in [0.3, 0.4) is 0 Å². The molecule has 1 spiro atoms. The highest BCUT2D eigenvalue weighted by Gasteiger charge is 2.54. The van der Waals surface area contributed by atoms with Crippen LogP contribution in [-0.2, 0) is 16.1 Å². The Kier molecular flexibility index (Phi) is 7.01. The first kappa shape index (κ1) is 24.6. The maximum absolute atomic E-state index is 13.7. The first-order chi connectivity index (χ1) is 18.0. The van der Waals surface area contributed by atoms with Gasteiger partial charge in [-0.25, -0.2) is 4.39 Å². The summed E-state index contributed by atoms with van der Waals surface area (Å²) in [7, 11) is 0. The Labute approximate surface area is 214 Å². The molecule has 2 heterocycles. The van der Waals surface area contributed by atoms with Crippen LogP contribution in [0.1, 0.15) is 39.1 Å². The van der Waals surface area contributed by atoms with Gasteiger partial charge in [0.25, 0.3) is 11.8 Å². The molecule has 1 atom stereocenters. The third-order valence-electron chi connectivity index (χ3n) is 7.02. The Morgan fingerprint density at radius 1 is 0.865 bits per heavy atom. The van der Waals surface area contributed by atoms with Gasteiger partial charge in [0.05, 0.1) is 6.61 Å². The van der Waals surface area contributed by atoms with Crippen molar-refractivity contribution in [2.24, 2.45) is 0 Å². The number of carbonyl (C=O) groups excluding carboxylic acids is 3. The number of likely N-dealkylation sites (tertiary alicyclic amines) is 1. The van der Waals surface area contributed by atoms with E-state index in [1.165, 1.54) is 18.2 Å². The summed E-state index contributed by atoms with van der Waals surface area (Å²) in [5.41, 5.74) is 0.681. The molecule has 3 aromatic carbocycles. The first-order valence-corrected chi connectivity index (χ1v) is 12.4. The van der Waals surface area contributed by atoms with Gasteiger partial charge < -0.3 is 15.0 Å². The molecule has 0 aromatic heterocycles. The van der Waals surface area contributed by atoms with Gasteiger partial charge in [-0.2, -0.15) is 0 Å². The third-order valence-corrected chi connectivity index (χ3v) is 7.02. The van der Waals surface area contributed by atoms with Crippen molar-refractivity contribution in [3.05, 3.63) is 107 Å². The van der Waals surface area contributed by atoms with Gasteiger partial charge in [0.2, 0.25) is 5.91 Å². The third kappa shape index (κ3) is 5.11. The smallest absolute Gasteiger partial charge is 0.256 e. The highest BCUT2D eigenvalue weighted by molar-refractivity contribution is 5.98. The normalized spacial score (nSPS) is 18.6. The van der Waals surface area contributed by atoms with E-state index in [0.29, 0.717) is 38.0 Å². The van der Waals surface area contributed by atoms with Crippen molar-refractivity contribution in [1.29, 1.82) is 0 Å².